The van der Waals surface area contributed by atoms with E-state index in [9.17, 15) is 29.4 Å². The smallest absolute Gasteiger partial charge is 0.335 e. The molecule has 1 aromatic rings. The Labute approximate surface area is 221 Å². The first-order valence-corrected chi connectivity index (χ1v) is 13.9. The average molecular weight is 531 g/mol. The zero-order valence-corrected chi connectivity index (χ0v) is 21.9. The minimum Gasteiger partial charge on any atom is -0.481 e. The van der Waals surface area contributed by atoms with E-state index in [0.29, 0.717) is 44.9 Å². The van der Waals surface area contributed by atoms with Crippen LogP contribution in [0.1, 0.15) is 95.5 Å². The van der Waals surface area contributed by atoms with Crippen molar-refractivity contribution in [1.29, 1.82) is 0 Å². The van der Waals surface area contributed by atoms with Gasteiger partial charge in [0.15, 0.2) is 0 Å². The molecule has 9 nitrogen and oxygen atoms in total. The van der Waals surface area contributed by atoms with Crippen LogP contribution < -0.4 is 5.63 Å². The molecular weight excluding hydrogens is 492 g/mol. The second-order valence-electron chi connectivity index (χ2n) is 12.4. The molecule has 8 atom stereocenters. The molecule has 0 saturated heterocycles. The Morgan fingerprint density at radius 3 is 2.50 bits per heavy atom. The molecule has 8 unspecified atom stereocenters. The molecule has 208 valence electrons. The number of carboxylic acid groups (broad SMARTS) is 1. The van der Waals surface area contributed by atoms with Crippen LogP contribution in [-0.2, 0) is 19.1 Å². The van der Waals surface area contributed by atoms with E-state index in [4.69, 9.17) is 14.3 Å². The van der Waals surface area contributed by atoms with Crippen LogP contribution in [0.2, 0.25) is 0 Å². The van der Waals surface area contributed by atoms with E-state index in [1.54, 1.807) is 6.07 Å². The SMILES string of the molecule is CC12CCC3C(CCC4(O)CC(OC(=O)CCCC(=O)O)CCC34C=O)C1(O)CCC2c1ccc(=O)oc1. The summed E-state index contributed by atoms with van der Waals surface area (Å²) in [5.74, 6) is -1.75. The van der Waals surface area contributed by atoms with Gasteiger partial charge in [-0.25, -0.2) is 4.79 Å². The predicted octanol–water partition coefficient (Wildman–Crippen LogP) is 3.34. The lowest BCUT2D eigenvalue weighted by Gasteiger charge is -2.65. The van der Waals surface area contributed by atoms with Crippen molar-refractivity contribution in [1.82, 2.24) is 0 Å². The van der Waals surface area contributed by atoms with Gasteiger partial charge in [-0.3, -0.25) is 9.59 Å². The second kappa shape index (κ2) is 9.59. The number of aliphatic carboxylic acids is 1. The minimum absolute atomic E-state index is 0.00234. The summed E-state index contributed by atoms with van der Waals surface area (Å²) in [4.78, 5) is 47.4. The number of fused-ring (bicyclic) bond motifs is 5. The molecule has 1 aromatic heterocycles. The molecule has 0 bridgehead atoms. The third kappa shape index (κ3) is 4.04. The summed E-state index contributed by atoms with van der Waals surface area (Å²) in [7, 11) is 0. The molecule has 1 heterocycles. The molecular formula is C29H38O9. The van der Waals surface area contributed by atoms with Gasteiger partial charge < -0.3 is 29.3 Å². The highest BCUT2D eigenvalue weighted by atomic mass is 16.5. The molecule has 0 spiro atoms. The quantitative estimate of drug-likeness (QED) is 0.356. The molecule has 4 aliphatic carbocycles. The van der Waals surface area contributed by atoms with E-state index >= 15 is 0 Å². The van der Waals surface area contributed by atoms with Gasteiger partial charge in [-0.1, -0.05) is 6.92 Å². The number of aliphatic hydroxyl groups is 2. The van der Waals surface area contributed by atoms with Crippen LogP contribution in [0.4, 0.5) is 0 Å². The molecule has 3 N–H and O–H groups in total. The molecule has 4 saturated carbocycles. The number of rotatable bonds is 7. The van der Waals surface area contributed by atoms with Crippen LogP contribution in [0.5, 0.6) is 0 Å². The first-order chi connectivity index (χ1) is 18.0. The Hall–Kier alpha value is -2.52. The van der Waals surface area contributed by atoms with Crippen molar-refractivity contribution < 1.29 is 38.9 Å². The Morgan fingerprint density at radius 1 is 1.05 bits per heavy atom. The fraction of sp³-hybridized carbons (Fsp3) is 0.724. The van der Waals surface area contributed by atoms with E-state index in [2.05, 4.69) is 6.92 Å². The number of esters is 1. The van der Waals surface area contributed by atoms with Crippen LogP contribution in [-0.4, -0.2) is 50.9 Å². The van der Waals surface area contributed by atoms with Crippen molar-refractivity contribution in [2.75, 3.05) is 0 Å². The van der Waals surface area contributed by atoms with E-state index in [0.717, 1.165) is 18.3 Å². The Balaban J connectivity index is 1.35. The van der Waals surface area contributed by atoms with Gasteiger partial charge >= 0.3 is 17.6 Å². The van der Waals surface area contributed by atoms with E-state index in [1.807, 2.05) is 0 Å². The van der Waals surface area contributed by atoms with Gasteiger partial charge in [0.1, 0.15) is 12.4 Å². The number of aldehydes is 1. The Bertz CT molecular complexity index is 1140. The standard InChI is InChI=1S/C29H38O9/c1-26-11-8-21-22(29(26,36)14-10-20(26)18-5-6-24(33)37-16-18)9-13-28(35)15-19(7-12-27(21,28)17-30)38-25(34)4-2-3-23(31)32/h5-6,16-17,19-22,35-36H,2-4,7-15H2,1H3,(H,31,32). The first-order valence-electron chi connectivity index (χ1n) is 13.9. The Kier molecular flexibility index (Phi) is 6.83. The largest absolute Gasteiger partial charge is 0.481 e. The lowest BCUT2D eigenvalue weighted by molar-refractivity contribution is -0.248. The summed E-state index contributed by atoms with van der Waals surface area (Å²) in [6.45, 7) is 2.11. The highest BCUT2D eigenvalue weighted by molar-refractivity contribution is 5.71. The van der Waals surface area contributed by atoms with Gasteiger partial charge in [-0.15, -0.1) is 0 Å². The zero-order chi connectivity index (χ0) is 27.3. The van der Waals surface area contributed by atoms with Crippen molar-refractivity contribution in [3.8, 4) is 0 Å². The Morgan fingerprint density at radius 2 is 1.82 bits per heavy atom. The lowest BCUT2D eigenvalue weighted by Crippen LogP contribution is -2.68. The molecule has 0 radical (unpaired) electrons. The third-order valence-corrected chi connectivity index (χ3v) is 10.9. The topological polar surface area (TPSA) is 151 Å². The molecule has 0 amide bonds. The summed E-state index contributed by atoms with van der Waals surface area (Å²) in [6, 6.07) is 3.21. The second-order valence-corrected chi connectivity index (χ2v) is 12.4. The summed E-state index contributed by atoms with van der Waals surface area (Å²) in [5, 5.41) is 33.0. The number of carboxylic acids is 1. The van der Waals surface area contributed by atoms with Gasteiger partial charge in [0.2, 0.25) is 0 Å². The molecule has 4 aliphatic rings. The summed E-state index contributed by atoms with van der Waals surface area (Å²) >= 11 is 0. The number of ether oxygens (including phenoxy) is 1. The molecule has 5 rings (SSSR count). The number of carbonyl (C=O) groups is 3. The molecule has 38 heavy (non-hydrogen) atoms. The fourth-order valence-electron chi connectivity index (χ4n) is 8.96. The van der Waals surface area contributed by atoms with Crippen LogP contribution in [0.25, 0.3) is 0 Å². The van der Waals surface area contributed by atoms with Gasteiger partial charge in [-0.2, -0.15) is 0 Å². The van der Waals surface area contributed by atoms with Crippen LogP contribution >= 0.6 is 0 Å². The number of hydrogen-bond acceptors (Lipinski definition) is 8. The number of hydrogen-bond donors (Lipinski definition) is 3. The molecule has 4 fully saturated rings. The lowest BCUT2D eigenvalue weighted by atomic mass is 9.41. The van der Waals surface area contributed by atoms with Crippen molar-refractivity contribution in [2.24, 2.45) is 22.7 Å². The van der Waals surface area contributed by atoms with Gasteiger partial charge in [0, 0.05) is 30.7 Å². The zero-order valence-electron chi connectivity index (χ0n) is 21.9. The molecule has 0 aliphatic heterocycles. The maximum Gasteiger partial charge on any atom is 0.335 e. The summed E-state index contributed by atoms with van der Waals surface area (Å²) in [6.07, 6.45) is 6.58. The van der Waals surface area contributed by atoms with Crippen molar-refractivity contribution in [3.05, 3.63) is 34.4 Å². The van der Waals surface area contributed by atoms with Crippen LogP contribution in [0.3, 0.4) is 0 Å². The normalized spacial score (nSPS) is 41.9. The van der Waals surface area contributed by atoms with Gasteiger partial charge in [-0.05, 0) is 87.2 Å². The predicted molar refractivity (Wildman–Crippen MR) is 134 cm³/mol. The summed E-state index contributed by atoms with van der Waals surface area (Å²) in [5.41, 5.74) is -3.30. The molecule has 9 heteroatoms. The first kappa shape index (κ1) is 27.1. The highest BCUT2D eigenvalue weighted by Gasteiger charge is 2.71. The third-order valence-electron chi connectivity index (χ3n) is 10.9. The van der Waals surface area contributed by atoms with Gasteiger partial charge in [0.25, 0.3) is 0 Å². The molecule has 0 aromatic carbocycles. The van der Waals surface area contributed by atoms with Crippen molar-refractivity contribution in [2.45, 2.75) is 107 Å². The van der Waals surface area contributed by atoms with Crippen LogP contribution in [0.15, 0.2) is 27.6 Å². The van der Waals surface area contributed by atoms with E-state index < -0.39 is 45.7 Å². The van der Waals surface area contributed by atoms with E-state index in [-0.39, 0.29) is 43.4 Å². The minimum atomic E-state index is -1.33. The monoisotopic (exact) mass is 530 g/mol. The highest BCUT2D eigenvalue weighted by Crippen LogP contribution is 2.71. The maximum absolute atomic E-state index is 12.9. The maximum atomic E-state index is 12.9. The summed E-state index contributed by atoms with van der Waals surface area (Å²) < 4.78 is 10.7. The number of carbonyl (C=O) groups excluding carboxylic acids is 2. The van der Waals surface area contributed by atoms with Crippen LogP contribution in [0, 0.1) is 22.7 Å². The average Bonchev–Trinajstić information content (AvgIpc) is 3.15. The van der Waals surface area contributed by atoms with Gasteiger partial charge in [0.05, 0.1) is 22.9 Å². The van der Waals surface area contributed by atoms with Crippen molar-refractivity contribution >= 4 is 18.2 Å². The van der Waals surface area contributed by atoms with Crippen molar-refractivity contribution in [3.63, 3.8) is 0 Å². The fourth-order valence-corrected chi connectivity index (χ4v) is 8.96. The van der Waals surface area contributed by atoms with E-state index in [1.165, 1.54) is 12.3 Å².